The highest BCUT2D eigenvalue weighted by molar-refractivity contribution is 7.90. The fourth-order valence-corrected chi connectivity index (χ4v) is 5.06. The standard InChI is InChI=1S/C19H25F3N2O3S/c1-28(26,27)5-4-19(25)24-13-2-3-14(24)7-12(6-13)18(23)9-11-8-16(21)17(22)10-15(11)20/h8,10,12-14,18H,2-7,9,23H2,1H3/t12?,13-,14+,18-/m1/s1. The molecule has 5 nitrogen and oxygen atoms in total. The van der Waals surface area contributed by atoms with Crippen molar-refractivity contribution in [3.8, 4) is 0 Å². The van der Waals surface area contributed by atoms with Crippen molar-refractivity contribution in [2.75, 3.05) is 12.0 Å². The van der Waals surface area contributed by atoms with Gasteiger partial charge in [0, 0.05) is 36.9 Å². The lowest BCUT2D eigenvalue weighted by atomic mass is 9.82. The molecule has 1 aromatic rings. The first-order valence-electron chi connectivity index (χ1n) is 9.43. The molecule has 156 valence electrons. The van der Waals surface area contributed by atoms with Gasteiger partial charge in [-0.05, 0) is 49.7 Å². The largest absolute Gasteiger partial charge is 0.337 e. The fraction of sp³-hybridized carbons (Fsp3) is 0.632. The van der Waals surface area contributed by atoms with Gasteiger partial charge in [0.2, 0.25) is 5.91 Å². The van der Waals surface area contributed by atoms with E-state index in [0.717, 1.165) is 25.2 Å². The van der Waals surface area contributed by atoms with Gasteiger partial charge in [-0.15, -0.1) is 0 Å². The molecule has 2 aliphatic rings. The van der Waals surface area contributed by atoms with Crippen molar-refractivity contribution in [1.29, 1.82) is 0 Å². The van der Waals surface area contributed by atoms with Crippen LogP contribution < -0.4 is 5.73 Å². The normalized spacial score (nSPS) is 25.8. The average Bonchev–Trinajstić information content (AvgIpc) is 2.86. The predicted octanol–water partition coefficient (Wildman–Crippen LogP) is 2.18. The SMILES string of the molecule is CS(=O)(=O)CCC(=O)N1[C@@H]2CC[C@H]1CC([C@H](N)Cc1cc(F)c(F)cc1F)C2. The third-order valence-electron chi connectivity index (χ3n) is 5.89. The van der Waals surface area contributed by atoms with Crippen molar-refractivity contribution in [1.82, 2.24) is 4.90 Å². The van der Waals surface area contributed by atoms with Crippen molar-refractivity contribution in [2.45, 2.75) is 56.7 Å². The number of sulfone groups is 1. The van der Waals surface area contributed by atoms with E-state index in [0.29, 0.717) is 18.9 Å². The lowest BCUT2D eigenvalue weighted by Crippen LogP contribution is -2.50. The first-order valence-corrected chi connectivity index (χ1v) is 11.5. The molecule has 2 saturated heterocycles. The minimum Gasteiger partial charge on any atom is -0.337 e. The molecule has 0 aromatic heterocycles. The Balaban J connectivity index is 1.63. The lowest BCUT2D eigenvalue weighted by molar-refractivity contribution is -0.136. The summed E-state index contributed by atoms with van der Waals surface area (Å²) in [7, 11) is -3.20. The van der Waals surface area contributed by atoms with Crippen LogP contribution >= 0.6 is 0 Å². The van der Waals surface area contributed by atoms with Gasteiger partial charge in [0.25, 0.3) is 0 Å². The van der Waals surface area contributed by atoms with Crippen molar-refractivity contribution in [3.63, 3.8) is 0 Å². The molecule has 1 aromatic carbocycles. The molecule has 0 spiro atoms. The van der Waals surface area contributed by atoms with Gasteiger partial charge in [0.1, 0.15) is 15.7 Å². The summed E-state index contributed by atoms with van der Waals surface area (Å²) in [6, 6.07) is 0.941. The number of piperidine rings is 1. The zero-order valence-corrected chi connectivity index (χ0v) is 16.5. The van der Waals surface area contributed by atoms with Gasteiger partial charge in [-0.1, -0.05) is 0 Å². The molecule has 2 N–H and O–H groups in total. The van der Waals surface area contributed by atoms with E-state index >= 15 is 0 Å². The molecule has 1 unspecified atom stereocenters. The van der Waals surface area contributed by atoms with Crippen LogP contribution in [0.25, 0.3) is 0 Å². The second-order valence-corrected chi connectivity index (χ2v) is 10.3. The Labute approximate surface area is 163 Å². The van der Waals surface area contributed by atoms with E-state index in [2.05, 4.69) is 0 Å². The molecule has 2 bridgehead atoms. The molecule has 0 aliphatic carbocycles. The number of carbonyl (C=O) groups is 1. The maximum atomic E-state index is 13.9. The third kappa shape index (κ3) is 4.68. The van der Waals surface area contributed by atoms with Crippen molar-refractivity contribution < 1.29 is 26.4 Å². The molecule has 2 heterocycles. The predicted molar refractivity (Wildman–Crippen MR) is 98.7 cm³/mol. The average molecular weight is 418 g/mol. The van der Waals surface area contributed by atoms with E-state index in [4.69, 9.17) is 5.73 Å². The Hall–Kier alpha value is -1.61. The number of benzene rings is 1. The van der Waals surface area contributed by atoms with Gasteiger partial charge in [-0.25, -0.2) is 21.6 Å². The van der Waals surface area contributed by atoms with Crippen LogP contribution in [0.4, 0.5) is 13.2 Å². The Morgan fingerprint density at radius 3 is 2.29 bits per heavy atom. The molecule has 9 heteroatoms. The smallest absolute Gasteiger partial charge is 0.224 e. The highest BCUT2D eigenvalue weighted by Gasteiger charge is 2.44. The summed E-state index contributed by atoms with van der Waals surface area (Å²) in [5.41, 5.74) is 6.31. The van der Waals surface area contributed by atoms with Crippen LogP contribution in [0, 0.1) is 23.4 Å². The molecule has 3 rings (SSSR count). The van der Waals surface area contributed by atoms with Crippen LogP contribution in [0.3, 0.4) is 0 Å². The highest BCUT2D eigenvalue weighted by Crippen LogP contribution is 2.40. The topological polar surface area (TPSA) is 80.5 Å². The number of hydrogen-bond donors (Lipinski definition) is 1. The number of carbonyl (C=O) groups excluding carboxylic acids is 1. The van der Waals surface area contributed by atoms with Crippen LogP contribution in [-0.2, 0) is 21.1 Å². The minimum atomic E-state index is -3.20. The van der Waals surface area contributed by atoms with E-state index in [9.17, 15) is 26.4 Å². The summed E-state index contributed by atoms with van der Waals surface area (Å²) in [6.45, 7) is 0. The summed E-state index contributed by atoms with van der Waals surface area (Å²) in [6.07, 6.45) is 4.13. The summed E-state index contributed by atoms with van der Waals surface area (Å²) < 4.78 is 63.1. The van der Waals surface area contributed by atoms with E-state index < -0.39 is 33.3 Å². The zero-order chi connectivity index (χ0) is 20.6. The molecular formula is C19H25F3N2O3S. The lowest BCUT2D eigenvalue weighted by Gasteiger charge is -2.41. The summed E-state index contributed by atoms with van der Waals surface area (Å²) in [5, 5.41) is 0. The number of fused-ring (bicyclic) bond motifs is 2. The maximum absolute atomic E-state index is 13.9. The summed E-state index contributed by atoms with van der Waals surface area (Å²) >= 11 is 0. The van der Waals surface area contributed by atoms with Crippen LogP contribution in [0.2, 0.25) is 0 Å². The number of amides is 1. The third-order valence-corrected chi connectivity index (χ3v) is 6.84. The van der Waals surface area contributed by atoms with E-state index in [-0.39, 0.29) is 48.1 Å². The van der Waals surface area contributed by atoms with Crippen molar-refractivity contribution in [3.05, 3.63) is 35.1 Å². The number of hydrogen-bond acceptors (Lipinski definition) is 4. The first kappa shape index (κ1) is 21.1. The first-order chi connectivity index (χ1) is 13.0. The van der Waals surface area contributed by atoms with E-state index in [1.165, 1.54) is 0 Å². The fourth-order valence-electron chi connectivity index (χ4n) is 4.52. The quantitative estimate of drug-likeness (QED) is 0.718. The Bertz CT molecular complexity index is 848. The molecule has 2 aliphatic heterocycles. The van der Waals surface area contributed by atoms with Crippen molar-refractivity contribution in [2.24, 2.45) is 11.7 Å². The molecular weight excluding hydrogens is 393 g/mol. The van der Waals surface area contributed by atoms with Crippen molar-refractivity contribution >= 4 is 15.7 Å². The minimum absolute atomic E-state index is 0.00309. The zero-order valence-electron chi connectivity index (χ0n) is 15.7. The van der Waals surface area contributed by atoms with Gasteiger partial charge < -0.3 is 10.6 Å². The highest BCUT2D eigenvalue weighted by atomic mass is 32.2. The second-order valence-electron chi connectivity index (χ2n) is 8.02. The monoisotopic (exact) mass is 418 g/mol. The Kier molecular flexibility index (Phi) is 6.05. The number of nitrogens with two attached hydrogens (primary N) is 1. The van der Waals surface area contributed by atoms with E-state index in [1.807, 2.05) is 0 Å². The summed E-state index contributed by atoms with van der Waals surface area (Å²) in [5.74, 6) is -3.44. The van der Waals surface area contributed by atoms with Gasteiger partial charge in [-0.3, -0.25) is 4.79 Å². The van der Waals surface area contributed by atoms with Crippen LogP contribution in [0.1, 0.15) is 37.7 Å². The van der Waals surface area contributed by atoms with E-state index in [1.54, 1.807) is 4.90 Å². The maximum Gasteiger partial charge on any atom is 0.224 e. The number of halogens is 3. The number of nitrogens with zero attached hydrogens (tertiary/aromatic N) is 1. The van der Waals surface area contributed by atoms with Gasteiger partial charge in [0.15, 0.2) is 11.6 Å². The molecule has 0 saturated carbocycles. The molecule has 2 fully saturated rings. The van der Waals surface area contributed by atoms with Gasteiger partial charge in [0.05, 0.1) is 5.75 Å². The number of rotatable bonds is 6. The van der Waals surface area contributed by atoms with Gasteiger partial charge >= 0.3 is 0 Å². The Morgan fingerprint density at radius 2 is 1.71 bits per heavy atom. The Morgan fingerprint density at radius 1 is 1.14 bits per heavy atom. The van der Waals surface area contributed by atoms with Gasteiger partial charge in [-0.2, -0.15) is 0 Å². The molecule has 4 atom stereocenters. The van der Waals surface area contributed by atoms with Crippen LogP contribution in [0.15, 0.2) is 12.1 Å². The van der Waals surface area contributed by atoms with Crippen LogP contribution in [-0.4, -0.2) is 49.4 Å². The second kappa shape index (κ2) is 8.02. The summed E-state index contributed by atoms with van der Waals surface area (Å²) in [4.78, 5) is 14.3. The molecule has 28 heavy (non-hydrogen) atoms. The van der Waals surface area contributed by atoms with Crippen LogP contribution in [0.5, 0.6) is 0 Å². The molecule has 0 radical (unpaired) electrons. The molecule has 1 amide bonds.